The molecule has 1 aromatic rings. The lowest BCUT2D eigenvalue weighted by atomic mass is 10.1. The molecule has 0 spiro atoms. The van der Waals surface area contributed by atoms with E-state index in [9.17, 15) is 36.4 Å². The first-order valence-electron chi connectivity index (χ1n) is 16.2. The van der Waals surface area contributed by atoms with Crippen LogP contribution in [0.25, 0.3) is 0 Å². The molecule has 4 aliphatic heterocycles. The molecule has 3 fully saturated rings. The van der Waals surface area contributed by atoms with Crippen molar-refractivity contribution in [3.05, 3.63) is 46.5 Å². The van der Waals surface area contributed by atoms with Gasteiger partial charge in [0.25, 0.3) is 11.8 Å². The SMILES string of the molecule is Cl.N[C@H]1CCCCC/C=C\[C@@H]2C[C@@]2(C(=O)NS(=O)(=O)N2CCC(F)(F)C2)NC(=O)[C@@H]2C[C@@H](OC(=O)N3Cc4cccc(Cl)c4C3)CN2C1=O. The average molecular weight is 750 g/mol. The van der Waals surface area contributed by atoms with E-state index in [0.717, 1.165) is 24.0 Å². The third kappa shape index (κ3) is 7.82. The zero-order valence-electron chi connectivity index (χ0n) is 26.6. The van der Waals surface area contributed by atoms with E-state index in [1.54, 1.807) is 18.2 Å². The Morgan fingerprint density at radius 2 is 1.92 bits per heavy atom. The fourth-order valence-corrected chi connectivity index (χ4v) is 8.46. The molecule has 0 aromatic heterocycles. The number of hydrogen-bond acceptors (Lipinski definition) is 8. The van der Waals surface area contributed by atoms with Gasteiger partial charge in [-0.2, -0.15) is 12.7 Å². The lowest BCUT2D eigenvalue weighted by Gasteiger charge is -2.28. The number of fused-ring (bicyclic) bond motifs is 3. The molecular formula is C31H40Cl2F2N6O7S. The van der Waals surface area contributed by atoms with Gasteiger partial charge in [-0.3, -0.25) is 19.3 Å². The van der Waals surface area contributed by atoms with Crippen LogP contribution in [0.2, 0.25) is 5.02 Å². The summed E-state index contributed by atoms with van der Waals surface area (Å²) in [4.78, 5) is 57.0. The first-order chi connectivity index (χ1) is 22.7. The van der Waals surface area contributed by atoms with Gasteiger partial charge in [0.15, 0.2) is 0 Å². The van der Waals surface area contributed by atoms with Gasteiger partial charge in [0.2, 0.25) is 11.8 Å². The van der Waals surface area contributed by atoms with Crippen molar-refractivity contribution in [3.63, 3.8) is 0 Å². The molecule has 18 heteroatoms. The first kappa shape index (κ1) is 37.2. The number of hydrogen-bond donors (Lipinski definition) is 3. The zero-order chi connectivity index (χ0) is 34.4. The molecule has 270 valence electrons. The number of ether oxygens (including phenoxy) is 1. The van der Waals surface area contributed by atoms with Crippen LogP contribution >= 0.6 is 24.0 Å². The summed E-state index contributed by atoms with van der Waals surface area (Å²) in [6, 6.07) is 3.29. The largest absolute Gasteiger partial charge is 0.444 e. The molecule has 2 saturated heterocycles. The Kier molecular flexibility index (Phi) is 10.9. The van der Waals surface area contributed by atoms with Crippen molar-refractivity contribution >= 4 is 58.0 Å². The average Bonchev–Trinajstić information content (AvgIpc) is 3.36. The maximum atomic E-state index is 13.9. The molecule has 6 rings (SSSR count). The van der Waals surface area contributed by atoms with Gasteiger partial charge in [-0.1, -0.05) is 48.7 Å². The highest BCUT2D eigenvalue weighted by Gasteiger charge is 2.62. The van der Waals surface area contributed by atoms with Crippen molar-refractivity contribution in [2.75, 3.05) is 19.6 Å². The van der Waals surface area contributed by atoms with Gasteiger partial charge >= 0.3 is 16.3 Å². The van der Waals surface area contributed by atoms with Gasteiger partial charge in [0.05, 0.1) is 25.7 Å². The molecule has 13 nitrogen and oxygen atoms in total. The van der Waals surface area contributed by atoms with E-state index in [0.29, 0.717) is 28.6 Å². The Morgan fingerprint density at radius 3 is 2.63 bits per heavy atom. The Hall–Kier alpha value is -3.05. The van der Waals surface area contributed by atoms with Crippen molar-refractivity contribution in [1.82, 2.24) is 24.1 Å². The Labute approximate surface area is 294 Å². The van der Waals surface area contributed by atoms with Crippen LogP contribution in [-0.2, 0) is 42.4 Å². The first-order valence-corrected chi connectivity index (χ1v) is 18.0. The molecule has 0 bridgehead atoms. The minimum Gasteiger partial charge on any atom is -0.444 e. The van der Waals surface area contributed by atoms with Crippen LogP contribution in [0.15, 0.2) is 30.4 Å². The third-order valence-electron chi connectivity index (χ3n) is 9.83. The van der Waals surface area contributed by atoms with Crippen LogP contribution in [0.4, 0.5) is 13.6 Å². The summed E-state index contributed by atoms with van der Waals surface area (Å²) in [7, 11) is -4.63. The number of rotatable bonds is 4. The lowest BCUT2D eigenvalue weighted by Crippen LogP contribution is -2.58. The standard InChI is InChI=1S/C31H39ClF2N6O7S.ClH/c32-23-9-6-7-19-15-38(17-22(19)23)29(44)47-21-13-25-26(41)36-31(28(43)37-48(45,46)39-12-11-30(33,34)18-39)14-20(31)8-4-2-1-3-5-10-24(35)27(42)40(25)16-21;/h4,6-9,20-21,24-25H,1-3,5,10-18,35H2,(H,36,41)(H,37,43);1H/b8-4-;/t20-,21-,24+,25+,31-;/m1./s1. The van der Waals surface area contributed by atoms with E-state index in [-0.39, 0.29) is 44.9 Å². The van der Waals surface area contributed by atoms with Gasteiger partial charge in [-0.15, -0.1) is 12.4 Å². The number of nitrogens with one attached hydrogen (secondary N) is 2. The van der Waals surface area contributed by atoms with Gasteiger partial charge in [-0.05, 0) is 42.9 Å². The topological polar surface area (TPSA) is 171 Å². The van der Waals surface area contributed by atoms with Crippen molar-refractivity contribution in [3.8, 4) is 0 Å². The molecule has 4 heterocycles. The predicted octanol–water partition coefficient (Wildman–Crippen LogP) is 2.61. The third-order valence-corrected chi connectivity index (χ3v) is 11.6. The number of carbonyl (C=O) groups excluding carboxylic acids is 4. The fourth-order valence-electron chi connectivity index (χ4n) is 6.97. The fraction of sp³-hybridized carbons (Fsp3) is 0.613. The normalized spacial score (nSPS) is 30.9. The summed E-state index contributed by atoms with van der Waals surface area (Å²) >= 11 is 6.30. The number of carbonyl (C=O) groups is 4. The van der Waals surface area contributed by atoms with Crippen molar-refractivity contribution in [2.45, 2.75) is 94.1 Å². The highest BCUT2D eigenvalue weighted by Crippen LogP contribution is 2.46. The molecule has 5 aliphatic rings. The summed E-state index contributed by atoms with van der Waals surface area (Å²) in [6.45, 7) is -1.12. The molecular weight excluding hydrogens is 709 g/mol. The highest BCUT2D eigenvalue weighted by atomic mass is 35.5. The summed E-state index contributed by atoms with van der Waals surface area (Å²) in [5.74, 6) is -6.12. The van der Waals surface area contributed by atoms with E-state index in [1.165, 1.54) is 9.80 Å². The number of halogens is 4. The number of allylic oxidation sites excluding steroid dienone is 1. The minimum absolute atomic E-state index is 0. The van der Waals surface area contributed by atoms with Crippen LogP contribution in [0.1, 0.15) is 62.5 Å². The van der Waals surface area contributed by atoms with Crippen molar-refractivity contribution in [2.24, 2.45) is 11.7 Å². The molecule has 1 aliphatic carbocycles. The number of amides is 4. The number of nitrogens with zero attached hydrogens (tertiary/aromatic N) is 3. The van der Waals surface area contributed by atoms with Gasteiger partial charge in [0.1, 0.15) is 17.7 Å². The molecule has 4 amide bonds. The molecule has 1 saturated carbocycles. The second-order valence-corrected chi connectivity index (χ2v) is 15.4. The Bertz CT molecular complexity index is 1630. The van der Waals surface area contributed by atoms with Crippen LogP contribution < -0.4 is 15.8 Å². The molecule has 5 atom stereocenters. The number of benzene rings is 1. The molecule has 4 N–H and O–H groups in total. The van der Waals surface area contributed by atoms with Crippen LogP contribution in [0, 0.1) is 5.92 Å². The smallest absolute Gasteiger partial charge is 0.410 e. The van der Waals surface area contributed by atoms with Crippen LogP contribution in [0.3, 0.4) is 0 Å². The number of nitrogens with two attached hydrogens (primary N) is 1. The van der Waals surface area contributed by atoms with E-state index in [2.05, 4.69) is 5.32 Å². The monoisotopic (exact) mass is 748 g/mol. The maximum Gasteiger partial charge on any atom is 0.410 e. The van der Waals surface area contributed by atoms with Gasteiger partial charge in [-0.25, -0.2) is 18.3 Å². The summed E-state index contributed by atoms with van der Waals surface area (Å²) in [6.07, 6.45) is 4.64. The van der Waals surface area contributed by atoms with Crippen molar-refractivity contribution in [1.29, 1.82) is 0 Å². The molecule has 0 radical (unpaired) electrons. The predicted molar refractivity (Wildman–Crippen MR) is 176 cm³/mol. The molecule has 49 heavy (non-hydrogen) atoms. The quantitative estimate of drug-likeness (QED) is 0.395. The summed E-state index contributed by atoms with van der Waals surface area (Å²) in [5.41, 5.74) is 6.27. The van der Waals surface area contributed by atoms with E-state index >= 15 is 0 Å². The van der Waals surface area contributed by atoms with Crippen LogP contribution in [-0.4, -0.2) is 95.6 Å². The second-order valence-electron chi connectivity index (χ2n) is 13.3. The van der Waals surface area contributed by atoms with Crippen molar-refractivity contribution < 1.29 is 41.1 Å². The Morgan fingerprint density at radius 1 is 1.14 bits per heavy atom. The van der Waals surface area contributed by atoms with E-state index in [1.807, 2.05) is 16.9 Å². The van der Waals surface area contributed by atoms with Crippen LogP contribution in [0.5, 0.6) is 0 Å². The highest BCUT2D eigenvalue weighted by molar-refractivity contribution is 7.87. The number of alkyl halides is 2. The summed E-state index contributed by atoms with van der Waals surface area (Å²) < 4.78 is 61.6. The van der Waals surface area contributed by atoms with E-state index in [4.69, 9.17) is 22.1 Å². The van der Waals surface area contributed by atoms with E-state index < -0.39 is 89.1 Å². The van der Waals surface area contributed by atoms with Gasteiger partial charge in [0, 0.05) is 36.9 Å². The Balaban J connectivity index is 0.00000468. The second kappa shape index (κ2) is 14.3. The van der Waals surface area contributed by atoms with Gasteiger partial charge < -0.3 is 20.7 Å². The minimum atomic E-state index is -4.63. The molecule has 1 aromatic carbocycles. The molecule has 0 unspecified atom stereocenters. The zero-order valence-corrected chi connectivity index (χ0v) is 29.0. The lowest BCUT2D eigenvalue weighted by molar-refractivity contribution is -0.140. The maximum absolute atomic E-state index is 13.9. The summed E-state index contributed by atoms with van der Waals surface area (Å²) in [5, 5.41) is 3.22.